The van der Waals surface area contributed by atoms with Crippen LogP contribution in [0, 0.1) is 5.92 Å². The van der Waals surface area contributed by atoms with Gasteiger partial charge in [0.05, 0.1) is 10.8 Å². The summed E-state index contributed by atoms with van der Waals surface area (Å²) in [6.45, 7) is 0.470. The standard InChI is InChI=1S/C19H20ClN3O4S/c20-15-5-9-17(10-6-15)28(26,27)23-11-1-2-14(12-23)19(25)22-16-7-3-13(4-8-16)18(21)24/h3-10,14H,1-2,11-12H2,(H2,21,24)(H,22,25)/t14-/m0/s1. The lowest BCUT2D eigenvalue weighted by Gasteiger charge is -2.31. The number of amides is 2. The van der Waals surface area contributed by atoms with Crippen LogP contribution >= 0.6 is 11.6 Å². The Labute approximate surface area is 168 Å². The predicted octanol–water partition coefficient (Wildman–Crippen LogP) is 2.48. The van der Waals surface area contributed by atoms with Crippen LogP contribution in [0.4, 0.5) is 5.69 Å². The van der Waals surface area contributed by atoms with E-state index in [0.717, 1.165) is 0 Å². The van der Waals surface area contributed by atoms with E-state index >= 15 is 0 Å². The number of rotatable bonds is 5. The minimum atomic E-state index is -3.69. The maximum atomic E-state index is 12.8. The molecular weight excluding hydrogens is 402 g/mol. The van der Waals surface area contributed by atoms with Crippen molar-refractivity contribution in [2.75, 3.05) is 18.4 Å². The number of hydrogen-bond donors (Lipinski definition) is 2. The molecule has 28 heavy (non-hydrogen) atoms. The zero-order chi connectivity index (χ0) is 20.3. The van der Waals surface area contributed by atoms with E-state index in [1.54, 1.807) is 12.1 Å². The van der Waals surface area contributed by atoms with Crippen molar-refractivity contribution in [1.82, 2.24) is 4.31 Å². The summed E-state index contributed by atoms with van der Waals surface area (Å²) in [6.07, 6.45) is 1.18. The minimum Gasteiger partial charge on any atom is -0.366 e. The number of sulfonamides is 1. The summed E-state index contributed by atoms with van der Waals surface area (Å²) in [7, 11) is -3.69. The summed E-state index contributed by atoms with van der Waals surface area (Å²) in [4.78, 5) is 23.9. The van der Waals surface area contributed by atoms with Gasteiger partial charge < -0.3 is 11.1 Å². The van der Waals surface area contributed by atoms with Gasteiger partial charge in [-0.3, -0.25) is 9.59 Å². The van der Waals surface area contributed by atoms with Gasteiger partial charge in [0.15, 0.2) is 0 Å². The molecule has 1 fully saturated rings. The Kier molecular flexibility index (Phi) is 6.02. The van der Waals surface area contributed by atoms with Gasteiger partial charge in [-0.25, -0.2) is 8.42 Å². The smallest absolute Gasteiger partial charge is 0.248 e. The molecule has 0 spiro atoms. The van der Waals surface area contributed by atoms with Crippen LogP contribution in [0.25, 0.3) is 0 Å². The van der Waals surface area contributed by atoms with E-state index in [2.05, 4.69) is 5.32 Å². The first kappa shape index (κ1) is 20.3. The van der Waals surface area contributed by atoms with Crippen LogP contribution in [0.3, 0.4) is 0 Å². The predicted molar refractivity (Wildman–Crippen MR) is 107 cm³/mol. The van der Waals surface area contributed by atoms with Crippen LogP contribution in [0.5, 0.6) is 0 Å². The highest BCUT2D eigenvalue weighted by Gasteiger charge is 2.33. The third-order valence-electron chi connectivity index (χ3n) is 4.64. The van der Waals surface area contributed by atoms with E-state index in [0.29, 0.717) is 35.7 Å². The highest BCUT2D eigenvalue weighted by Crippen LogP contribution is 2.25. The van der Waals surface area contributed by atoms with Crippen molar-refractivity contribution < 1.29 is 18.0 Å². The summed E-state index contributed by atoms with van der Waals surface area (Å²) in [5.74, 6) is -1.28. The van der Waals surface area contributed by atoms with Crippen molar-refractivity contribution in [3.8, 4) is 0 Å². The molecule has 1 aliphatic rings. The number of piperidine rings is 1. The molecule has 3 rings (SSSR count). The first-order chi connectivity index (χ1) is 13.3. The van der Waals surface area contributed by atoms with Gasteiger partial charge in [-0.1, -0.05) is 11.6 Å². The highest BCUT2D eigenvalue weighted by molar-refractivity contribution is 7.89. The van der Waals surface area contributed by atoms with Crippen molar-refractivity contribution in [1.29, 1.82) is 0 Å². The molecule has 148 valence electrons. The number of nitrogens with two attached hydrogens (primary N) is 1. The van der Waals surface area contributed by atoms with Gasteiger partial charge >= 0.3 is 0 Å². The molecule has 2 aromatic carbocycles. The molecule has 2 aromatic rings. The molecular formula is C19H20ClN3O4S. The zero-order valence-electron chi connectivity index (χ0n) is 15.0. The molecule has 1 aliphatic heterocycles. The van der Waals surface area contributed by atoms with Crippen molar-refractivity contribution in [2.24, 2.45) is 11.7 Å². The van der Waals surface area contributed by atoms with Crippen LogP contribution < -0.4 is 11.1 Å². The zero-order valence-corrected chi connectivity index (χ0v) is 16.5. The van der Waals surface area contributed by atoms with Crippen LogP contribution in [-0.2, 0) is 14.8 Å². The van der Waals surface area contributed by atoms with Crippen molar-refractivity contribution in [3.05, 3.63) is 59.1 Å². The van der Waals surface area contributed by atoms with E-state index in [1.165, 1.54) is 40.7 Å². The minimum absolute atomic E-state index is 0.107. The van der Waals surface area contributed by atoms with Gasteiger partial charge in [0.2, 0.25) is 21.8 Å². The quantitative estimate of drug-likeness (QED) is 0.772. The fourth-order valence-corrected chi connectivity index (χ4v) is 4.74. The van der Waals surface area contributed by atoms with Crippen molar-refractivity contribution in [2.45, 2.75) is 17.7 Å². The molecule has 3 N–H and O–H groups in total. The lowest BCUT2D eigenvalue weighted by molar-refractivity contribution is -0.120. The lowest BCUT2D eigenvalue weighted by Crippen LogP contribution is -2.43. The number of nitrogens with zero attached hydrogens (tertiary/aromatic N) is 1. The molecule has 2 amide bonds. The maximum Gasteiger partial charge on any atom is 0.248 e. The molecule has 1 heterocycles. The number of hydrogen-bond acceptors (Lipinski definition) is 4. The highest BCUT2D eigenvalue weighted by atomic mass is 35.5. The summed E-state index contributed by atoms with van der Waals surface area (Å²) in [6, 6.07) is 12.2. The van der Waals surface area contributed by atoms with Crippen LogP contribution in [0.1, 0.15) is 23.2 Å². The van der Waals surface area contributed by atoms with Gasteiger partial charge in [-0.15, -0.1) is 0 Å². The van der Waals surface area contributed by atoms with E-state index in [1.807, 2.05) is 0 Å². The Morgan fingerprint density at radius 3 is 2.32 bits per heavy atom. The molecule has 0 unspecified atom stereocenters. The first-order valence-corrected chi connectivity index (χ1v) is 10.6. The third kappa shape index (κ3) is 4.52. The summed E-state index contributed by atoms with van der Waals surface area (Å²) in [5.41, 5.74) is 6.06. The van der Waals surface area contributed by atoms with Crippen LogP contribution in [0.2, 0.25) is 5.02 Å². The summed E-state index contributed by atoms with van der Waals surface area (Å²) < 4.78 is 27.0. The molecule has 0 bridgehead atoms. The lowest BCUT2D eigenvalue weighted by atomic mass is 9.98. The fraction of sp³-hybridized carbons (Fsp3) is 0.263. The number of carbonyl (C=O) groups is 2. The second kappa shape index (κ2) is 8.30. The molecule has 1 atom stereocenters. The Morgan fingerprint density at radius 1 is 1.07 bits per heavy atom. The topological polar surface area (TPSA) is 110 Å². The second-order valence-electron chi connectivity index (χ2n) is 6.59. The Bertz CT molecular complexity index is 975. The van der Waals surface area contributed by atoms with Crippen molar-refractivity contribution >= 4 is 39.1 Å². The number of anilines is 1. The van der Waals surface area contributed by atoms with Gasteiger partial charge in [-0.05, 0) is 61.4 Å². The average molecular weight is 422 g/mol. The van der Waals surface area contributed by atoms with Crippen molar-refractivity contribution in [3.63, 3.8) is 0 Å². The maximum absolute atomic E-state index is 12.8. The van der Waals surface area contributed by atoms with E-state index in [4.69, 9.17) is 17.3 Å². The van der Waals surface area contributed by atoms with Gasteiger partial charge in [0, 0.05) is 29.4 Å². The molecule has 0 radical (unpaired) electrons. The van der Waals surface area contributed by atoms with E-state index < -0.39 is 21.8 Å². The monoisotopic (exact) mass is 421 g/mol. The number of nitrogens with one attached hydrogen (secondary N) is 1. The number of halogens is 1. The van der Waals surface area contributed by atoms with Gasteiger partial charge in [0.25, 0.3) is 0 Å². The fourth-order valence-electron chi connectivity index (χ4n) is 3.09. The van der Waals surface area contributed by atoms with E-state index in [9.17, 15) is 18.0 Å². The Hall–Kier alpha value is -2.42. The second-order valence-corrected chi connectivity index (χ2v) is 8.96. The molecule has 9 heteroatoms. The largest absolute Gasteiger partial charge is 0.366 e. The molecule has 0 aromatic heterocycles. The SMILES string of the molecule is NC(=O)c1ccc(NC(=O)[C@H]2CCCN(S(=O)(=O)c3ccc(Cl)cc3)C2)cc1. The Morgan fingerprint density at radius 2 is 1.71 bits per heavy atom. The molecule has 7 nitrogen and oxygen atoms in total. The first-order valence-electron chi connectivity index (χ1n) is 8.74. The summed E-state index contributed by atoms with van der Waals surface area (Å²) >= 11 is 5.83. The van der Waals surface area contributed by atoms with Crippen LogP contribution in [0.15, 0.2) is 53.4 Å². The Balaban J connectivity index is 1.69. The number of carbonyl (C=O) groups excluding carboxylic acids is 2. The number of primary amides is 1. The number of benzene rings is 2. The molecule has 1 saturated heterocycles. The van der Waals surface area contributed by atoms with Crippen LogP contribution in [-0.4, -0.2) is 37.6 Å². The van der Waals surface area contributed by atoms with Gasteiger partial charge in [0.1, 0.15) is 0 Å². The third-order valence-corrected chi connectivity index (χ3v) is 6.77. The average Bonchev–Trinajstić information content (AvgIpc) is 2.69. The summed E-state index contributed by atoms with van der Waals surface area (Å²) in [5, 5.41) is 3.22. The van der Waals surface area contributed by atoms with E-state index in [-0.39, 0.29) is 17.3 Å². The van der Waals surface area contributed by atoms with Gasteiger partial charge in [-0.2, -0.15) is 4.31 Å². The molecule has 0 aliphatic carbocycles. The normalized spacial score (nSPS) is 17.8. The molecule has 0 saturated carbocycles.